The molecule has 106 valence electrons. The van der Waals surface area contributed by atoms with Gasteiger partial charge in [0.1, 0.15) is 0 Å². The standard InChI is InChI=1S/C14H23N3O2/c1-11(2)19-9-5-4-7-17-14(18)12-10-16-8-6-13(12)15-3/h6,8,10-11H,4-5,7,9H2,1-3H3,(H,15,16)(H,17,18). The van der Waals surface area contributed by atoms with Gasteiger partial charge in [-0.1, -0.05) is 0 Å². The van der Waals surface area contributed by atoms with E-state index < -0.39 is 0 Å². The van der Waals surface area contributed by atoms with Crippen LogP contribution in [0.4, 0.5) is 5.69 Å². The Morgan fingerprint density at radius 3 is 2.89 bits per heavy atom. The van der Waals surface area contributed by atoms with E-state index in [1.54, 1.807) is 25.5 Å². The number of nitrogens with zero attached hydrogens (tertiary/aromatic N) is 1. The Morgan fingerprint density at radius 2 is 2.21 bits per heavy atom. The van der Waals surface area contributed by atoms with Crippen LogP contribution in [-0.4, -0.2) is 37.2 Å². The summed E-state index contributed by atoms with van der Waals surface area (Å²) in [5.41, 5.74) is 1.36. The van der Waals surface area contributed by atoms with Crippen molar-refractivity contribution in [2.45, 2.75) is 32.8 Å². The summed E-state index contributed by atoms with van der Waals surface area (Å²) in [4.78, 5) is 15.9. The fourth-order valence-electron chi connectivity index (χ4n) is 1.64. The molecular formula is C14H23N3O2. The summed E-state index contributed by atoms with van der Waals surface area (Å²) in [6.45, 7) is 5.42. The molecule has 0 fully saturated rings. The van der Waals surface area contributed by atoms with Crippen molar-refractivity contribution in [1.82, 2.24) is 10.3 Å². The predicted octanol–water partition coefficient (Wildman–Crippen LogP) is 2.06. The molecule has 0 saturated heterocycles. The number of hydrogen-bond acceptors (Lipinski definition) is 4. The molecule has 19 heavy (non-hydrogen) atoms. The number of aromatic nitrogens is 1. The summed E-state index contributed by atoms with van der Waals surface area (Å²) in [5, 5.41) is 5.87. The molecule has 0 radical (unpaired) electrons. The number of anilines is 1. The number of hydrogen-bond donors (Lipinski definition) is 2. The molecular weight excluding hydrogens is 242 g/mol. The minimum Gasteiger partial charge on any atom is -0.387 e. The van der Waals surface area contributed by atoms with Crippen molar-refractivity contribution in [3.05, 3.63) is 24.0 Å². The first-order chi connectivity index (χ1) is 9.15. The molecule has 1 aromatic rings. The third-order valence-corrected chi connectivity index (χ3v) is 2.64. The molecule has 0 aromatic carbocycles. The Hall–Kier alpha value is -1.62. The van der Waals surface area contributed by atoms with Gasteiger partial charge in [0.25, 0.3) is 5.91 Å². The van der Waals surface area contributed by atoms with Crippen LogP contribution in [0.2, 0.25) is 0 Å². The zero-order valence-electron chi connectivity index (χ0n) is 11.9. The van der Waals surface area contributed by atoms with Crippen LogP contribution < -0.4 is 10.6 Å². The molecule has 0 aliphatic heterocycles. The predicted molar refractivity (Wildman–Crippen MR) is 76.4 cm³/mol. The number of rotatable bonds is 8. The molecule has 0 bridgehead atoms. The van der Waals surface area contributed by atoms with Crippen molar-refractivity contribution in [1.29, 1.82) is 0 Å². The Labute approximate surface area is 114 Å². The first-order valence-electron chi connectivity index (χ1n) is 6.66. The summed E-state index contributed by atoms with van der Waals surface area (Å²) < 4.78 is 5.44. The monoisotopic (exact) mass is 265 g/mol. The lowest BCUT2D eigenvalue weighted by molar-refractivity contribution is 0.0754. The average Bonchev–Trinajstić information content (AvgIpc) is 2.42. The second-order valence-corrected chi connectivity index (χ2v) is 4.55. The minimum absolute atomic E-state index is 0.0952. The molecule has 0 unspecified atom stereocenters. The summed E-state index contributed by atoms with van der Waals surface area (Å²) >= 11 is 0. The third-order valence-electron chi connectivity index (χ3n) is 2.64. The van der Waals surface area contributed by atoms with Crippen LogP contribution in [0.15, 0.2) is 18.5 Å². The van der Waals surface area contributed by atoms with Crippen LogP contribution in [0.1, 0.15) is 37.0 Å². The van der Waals surface area contributed by atoms with E-state index in [0.717, 1.165) is 25.1 Å². The maximum atomic E-state index is 11.9. The average molecular weight is 265 g/mol. The van der Waals surface area contributed by atoms with Gasteiger partial charge >= 0.3 is 0 Å². The molecule has 1 amide bonds. The van der Waals surface area contributed by atoms with Crippen molar-refractivity contribution < 1.29 is 9.53 Å². The number of carbonyl (C=O) groups is 1. The minimum atomic E-state index is -0.0952. The molecule has 0 atom stereocenters. The largest absolute Gasteiger partial charge is 0.387 e. The lowest BCUT2D eigenvalue weighted by atomic mass is 10.2. The van der Waals surface area contributed by atoms with E-state index in [1.165, 1.54) is 0 Å². The molecule has 1 heterocycles. The maximum absolute atomic E-state index is 11.9. The van der Waals surface area contributed by atoms with Gasteiger partial charge in [-0.25, -0.2) is 0 Å². The van der Waals surface area contributed by atoms with Gasteiger partial charge in [0.05, 0.1) is 11.7 Å². The van der Waals surface area contributed by atoms with Crippen LogP contribution >= 0.6 is 0 Å². The lowest BCUT2D eigenvalue weighted by Gasteiger charge is -2.10. The Bertz CT molecular complexity index is 394. The third kappa shape index (κ3) is 5.70. The maximum Gasteiger partial charge on any atom is 0.254 e. The van der Waals surface area contributed by atoms with Crippen LogP contribution in [0.25, 0.3) is 0 Å². The van der Waals surface area contributed by atoms with E-state index in [0.29, 0.717) is 12.1 Å². The molecule has 0 aliphatic rings. The number of ether oxygens (including phenoxy) is 1. The highest BCUT2D eigenvalue weighted by molar-refractivity contribution is 5.99. The first kappa shape index (κ1) is 15.4. The lowest BCUT2D eigenvalue weighted by Crippen LogP contribution is -2.25. The number of unbranched alkanes of at least 4 members (excludes halogenated alkanes) is 1. The van der Waals surface area contributed by atoms with Crippen molar-refractivity contribution in [2.24, 2.45) is 0 Å². The van der Waals surface area contributed by atoms with Crippen molar-refractivity contribution in [3.8, 4) is 0 Å². The summed E-state index contributed by atoms with van der Waals surface area (Å²) in [6.07, 6.45) is 5.36. The highest BCUT2D eigenvalue weighted by Gasteiger charge is 2.09. The highest BCUT2D eigenvalue weighted by atomic mass is 16.5. The van der Waals surface area contributed by atoms with Crippen molar-refractivity contribution in [3.63, 3.8) is 0 Å². The second kappa shape index (κ2) is 8.48. The zero-order chi connectivity index (χ0) is 14.1. The Kier molecular flexibility index (Phi) is 6.89. The van der Waals surface area contributed by atoms with Crippen LogP contribution in [0.3, 0.4) is 0 Å². The Morgan fingerprint density at radius 1 is 1.42 bits per heavy atom. The fourth-order valence-corrected chi connectivity index (χ4v) is 1.64. The van der Waals surface area contributed by atoms with E-state index in [-0.39, 0.29) is 12.0 Å². The highest BCUT2D eigenvalue weighted by Crippen LogP contribution is 2.11. The molecule has 0 aliphatic carbocycles. The van der Waals surface area contributed by atoms with Gasteiger partial charge in [0.2, 0.25) is 0 Å². The number of amides is 1. The number of carbonyl (C=O) groups excluding carboxylic acids is 1. The van der Waals surface area contributed by atoms with E-state index in [9.17, 15) is 4.79 Å². The first-order valence-corrected chi connectivity index (χ1v) is 6.66. The number of pyridine rings is 1. The summed E-state index contributed by atoms with van der Waals surface area (Å²) in [5.74, 6) is -0.0952. The summed E-state index contributed by atoms with van der Waals surface area (Å²) in [7, 11) is 1.79. The van der Waals surface area contributed by atoms with Gasteiger partial charge in [-0.05, 0) is 32.8 Å². The van der Waals surface area contributed by atoms with Crippen molar-refractivity contribution >= 4 is 11.6 Å². The van der Waals surface area contributed by atoms with Crippen LogP contribution in [0, 0.1) is 0 Å². The Balaban J connectivity index is 2.28. The van der Waals surface area contributed by atoms with Gasteiger partial charge in [-0.15, -0.1) is 0 Å². The van der Waals surface area contributed by atoms with E-state index in [4.69, 9.17) is 4.74 Å². The molecule has 2 N–H and O–H groups in total. The van der Waals surface area contributed by atoms with E-state index in [2.05, 4.69) is 15.6 Å². The van der Waals surface area contributed by atoms with Crippen LogP contribution in [0.5, 0.6) is 0 Å². The van der Waals surface area contributed by atoms with E-state index in [1.807, 2.05) is 13.8 Å². The molecule has 0 saturated carbocycles. The zero-order valence-corrected chi connectivity index (χ0v) is 11.9. The van der Waals surface area contributed by atoms with E-state index >= 15 is 0 Å². The normalized spacial score (nSPS) is 10.5. The molecule has 5 heteroatoms. The van der Waals surface area contributed by atoms with Gasteiger partial charge in [0.15, 0.2) is 0 Å². The SMILES string of the molecule is CNc1ccncc1C(=O)NCCCCOC(C)C. The fraction of sp³-hybridized carbons (Fsp3) is 0.571. The van der Waals surface area contributed by atoms with Gasteiger partial charge in [-0.2, -0.15) is 0 Å². The quantitative estimate of drug-likeness (QED) is 0.706. The molecule has 1 aromatic heterocycles. The number of nitrogens with one attached hydrogen (secondary N) is 2. The summed E-state index contributed by atoms with van der Waals surface area (Å²) in [6, 6.07) is 1.78. The van der Waals surface area contributed by atoms with Gasteiger partial charge in [0, 0.05) is 38.3 Å². The van der Waals surface area contributed by atoms with Gasteiger partial charge < -0.3 is 15.4 Å². The topological polar surface area (TPSA) is 63.2 Å². The van der Waals surface area contributed by atoms with Gasteiger partial charge in [-0.3, -0.25) is 9.78 Å². The second-order valence-electron chi connectivity index (χ2n) is 4.55. The van der Waals surface area contributed by atoms with Crippen molar-refractivity contribution in [2.75, 3.05) is 25.5 Å². The molecule has 5 nitrogen and oxygen atoms in total. The molecule has 0 spiro atoms. The smallest absolute Gasteiger partial charge is 0.254 e. The van der Waals surface area contributed by atoms with Crippen LogP contribution in [-0.2, 0) is 4.74 Å². The molecule has 1 rings (SSSR count).